The van der Waals surface area contributed by atoms with Crippen molar-refractivity contribution in [3.63, 3.8) is 0 Å². The van der Waals surface area contributed by atoms with Gasteiger partial charge >= 0.3 is 0 Å². The molecule has 4 rings (SSSR count). The molecule has 29 heavy (non-hydrogen) atoms. The van der Waals surface area contributed by atoms with Gasteiger partial charge in [0.1, 0.15) is 11.6 Å². The molecular formula is C21H19N5O3. The number of carbonyl (C=O) groups is 1. The summed E-state index contributed by atoms with van der Waals surface area (Å²) in [6.45, 7) is 0. The minimum atomic E-state index is -0.371. The largest absolute Gasteiger partial charge is 0.497 e. The molecule has 0 spiro atoms. The molecule has 0 saturated carbocycles. The molecule has 0 atom stereocenters. The molecule has 8 heteroatoms. The summed E-state index contributed by atoms with van der Waals surface area (Å²) in [6, 6.07) is 18.0. The first-order valence-corrected chi connectivity index (χ1v) is 9.11. The van der Waals surface area contributed by atoms with E-state index in [2.05, 4.69) is 20.4 Å². The second-order valence-electron chi connectivity index (χ2n) is 6.45. The Labute approximate surface area is 166 Å². The molecule has 0 aliphatic heterocycles. The van der Waals surface area contributed by atoms with Gasteiger partial charge in [0.25, 0.3) is 11.5 Å². The summed E-state index contributed by atoms with van der Waals surface area (Å²) in [4.78, 5) is 31.6. The van der Waals surface area contributed by atoms with E-state index in [1.54, 1.807) is 31.4 Å². The van der Waals surface area contributed by atoms with Gasteiger partial charge < -0.3 is 10.1 Å². The van der Waals surface area contributed by atoms with Crippen LogP contribution < -0.4 is 15.6 Å². The van der Waals surface area contributed by atoms with Crippen LogP contribution in [0.15, 0.2) is 65.5 Å². The first kappa shape index (κ1) is 18.4. The second kappa shape index (κ2) is 7.97. The van der Waals surface area contributed by atoms with Crippen LogP contribution in [0.5, 0.6) is 5.75 Å². The number of hydrogen-bond donors (Lipinski definition) is 2. The zero-order valence-corrected chi connectivity index (χ0v) is 15.8. The van der Waals surface area contributed by atoms with Crippen molar-refractivity contribution in [2.75, 3.05) is 12.4 Å². The Morgan fingerprint density at radius 1 is 1.10 bits per heavy atom. The lowest BCUT2D eigenvalue weighted by atomic mass is 10.1. The first-order chi connectivity index (χ1) is 14.1. The second-order valence-corrected chi connectivity index (χ2v) is 6.45. The summed E-state index contributed by atoms with van der Waals surface area (Å²) in [5.74, 6) is 1.41. The third-order valence-corrected chi connectivity index (χ3v) is 4.46. The Hall–Kier alpha value is -3.94. The molecule has 2 aromatic carbocycles. The van der Waals surface area contributed by atoms with Crippen LogP contribution in [0.1, 0.15) is 21.7 Å². The molecule has 4 aromatic rings. The number of H-pyrrole nitrogens is 1. The van der Waals surface area contributed by atoms with Crippen LogP contribution in [0.25, 0.3) is 5.78 Å². The molecule has 0 saturated heterocycles. The molecule has 2 N–H and O–H groups in total. The Bertz CT molecular complexity index is 1200. The topological polar surface area (TPSA) is 101 Å². The van der Waals surface area contributed by atoms with Gasteiger partial charge in [-0.3, -0.25) is 14.6 Å². The fourth-order valence-corrected chi connectivity index (χ4v) is 2.96. The summed E-state index contributed by atoms with van der Waals surface area (Å²) >= 11 is 0. The molecule has 0 fully saturated rings. The van der Waals surface area contributed by atoms with Crippen molar-refractivity contribution in [1.29, 1.82) is 0 Å². The van der Waals surface area contributed by atoms with Crippen LogP contribution in [0.3, 0.4) is 0 Å². The summed E-state index contributed by atoms with van der Waals surface area (Å²) in [5.41, 5.74) is 1.24. The van der Waals surface area contributed by atoms with Gasteiger partial charge in [-0.2, -0.15) is 9.50 Å². The van der Waals surface area contributed by atoms with Crippen LogP contribution >= 0.6 is 0 Å². The minimum absolute atomic E-state index is 0.253. The average Bonchev–Trinajstić information content (AvgIpc) is 3.16. The van der Waals surface area contributed by atoms with E-state index >= 15 is 0 Å². The Kier molecular flexibility index (Phi) is 5.07. The van der Waals surface area contributed by atoms with Crippen molar-refractivity contribution in [3.05, 3.63) is 88.0 Å². The molecule has 0 radical (unpaired) electrons. The smallest absolute Gasteiger partial charge is 0.256 e. The maximum atomic E-state index is 12.6. The van der Waals surface area contributed by atoms with Gasteiger partial charge in [0.15, 0.2) is 5.82 Å². The fourth-order valence-electron chi connectivity index (χ4n) is 2.96. The average molecular weight is 389 g/mol. The first-order valence-electron chi connectivity index (χ1n) is 9.11. The van der Waals surface area contributed by atoms with E-state index in [1.165, 1.54) is 16.1 Å². The van der Waals surface area contributed by atoms with Gasteiger partial charge in [-0.1, -0.05) is 30.3 Å². The number of nitrogens with one attached hydrogen (secondary N) is 2. The number of aromatic amines is 1. The van der Waals surface area contributed by atoms with Crippen molar-refractivity contribution in [2.45, 2.75) is 12.8 Å². The highest BCUT2D eigenvalue weighted by Gasteiger charge is 2.13. The van der Waals surface area contributed by atoms with E-state index in [0.717, 1.165) is 6.42 Å². The maximum Gasteiger partial charge on any atom is 0.256 e. The zero-order valence-electron chi connectivity index (χ0n) is 15.8. The molecule has 2 aromatic heterocycles. The Balaban J connectivity index is 1.57. The van der Waals surface area contributed by atoms with E-state index in [1.807, 2.05) is 30.3 Å². The standard InChI is InChI=1S/C21H19N5O3/c1-29-16-10-8-15(9-11-16)20(28)23-18-13-19(27)24-21-22-17(25-26(18)21)12-7-14-5-3-2-4-6-14/h2-6,8-11,13H,7,12H2,1H3,(H,23,28)(H,22,24,25,27). The van der Waals surface area contributed by atoms with E-state index in [0.29, 0.717) is 23.6 Å². The molecule has 0 unspecified atom stereocenters. The lowest BCUT2D eigenvalue weighted by Crippen LogP contribution is -2.18. The summed E-state index contributed by atoms with van der Waals surface area (Å²) < 4.78 is 6.53. The number of aryl methyl sites for hydroxylation is 2. The van der Waals surface area contributed by atoms with Gasteiger partial charge in [-0.25, -0.2) is 0 Å². The van der Waals surface area contributed by atoms with Crippen LogP contribution in [0.2, 0.25) is 0 Å². The number of anilines is 1. The van der Waals surface area contributed by atoms with E-state index in [-0.39, 0.29) is 23.1 Å². The highest BCUT2D eigenvalue weighted by atomic mass is 16.5. The molecule has 0 aliphatic carbocycles. The molecule has 1 amide bonds. The predicted molar refractivity (Wildman–Crippen MR) is 108 cm³/mol. The Morgan fingerprint density at radius 3 is 2.59 bits per heavy atom. The minimum Gasteiger partial charge on any atom is -0.497 e. The van der Waals surface area contributed by atoms with Gasteiger partial charge in [0.2, 0.25) is 5.78 Å². The number of benzene rings is 2. The predicted octanol–water partition coefficient (Wildman–Crippen LogP) is 2.46. The molecule has 0 bridgehead atoms. The number of nitrogens with zero attached hydrogens (tertiary/aromatic N) is 3. The number of carbonyl (C=O) groups excluding carboxylic acids is 1. The van der Waals surface area contributed by atoms with Crippen molar-refractivity contribution in [3.8, 4) is 5.75 Å². The van der Waals surface area contributed by atoms with Crippen LogP contribution in [-0.2, 0) is 12.8 Å². The summed E-state index contributed by atoms with van der Waals surface area (Å²) in [7, 11) is 1.56. The highest BCUT2D eigenvalue weighted by Crippen LogP contribution is 2.14. The van der Waals surface area contributed by atoms with Crippen LogP contribution in [0.4, 0.5) is 5.82 Å². The zero-order chi connectivity index (χ0) is 20.2. The molecule has 8 nitrogen and oxygen atoms in total. The van der Waals surface area contributed by atoms with Gasteiger partial charge in [0, 0.05) is 18.1 Å². The number of hydrogen-bond acceptors (Lipinski definition) is 5. The Morgan fingerprint density at radius 2 is 1.86 bits per heavy atom. The lowest BCUT2D eigenvalue weighted by Gasteiger charge is -2.07. The van der Waals surface area contributed by atoms with Crippen molar-refractivity contribution < 1.29 is 9.53 Å². The highest BCUT2D eigenvalue weighted by molar-refractivity contribution is 6.03. The number of methoxy groups -OCH3 is 1. The SMILES string of the molecule is COc1ccc(C(=O)Nc2cc(=O)[nH]c3nc(CCc4ccccc4)nn23)cc1. The third-order valence-electron chi connectivity index (χ3n) is 4.46. The molecule has 2 heterocycles. The normalized spacial score (nSPS) is 10.8. The van der Waals surface area contributed by atoms with Gasteiger partial charge in [-0.15, -0.1) is 5.10 Å². The van der Waals surface area contributed by atoms with Crippen molar-refractivity contribution in [1.82, 2.24) is 19.6 Å². The number of fused-ring (bicyclic) bond motifs is 1. The van der Waals surface area contributed by atoms with Crippen LogP contribution in [0, 0.1) is 0 Å². The number of aromatic nitrogens is 4. The van der Waals surface area contributed by atoms with Crippen molar-refractivity contribution in [2.24, 2.45) is 0 Å². The summed E-state index contributed by atoms with van der Waals surface area (Å²) in [5, 5.41) is 7.17. The molecular weight excluding hydrogens is 370 g/mol. The summed E-state index contributed by atoms with van der Waals surface area (Å²) in [6.07, 6.45) is 1.38. The molecule has 0 aliphatic rings. The quantitative estimate of drug-likeness (QED) is 0.528. The van der Waals surface area contributed by atoms with E-state index < -0.39 is 0 Å². The number of rotatable bonds is 6. The van der Waals surface area contributed by atoms with E-state index in [4.69, 9.17) is 4.74 Å². The van der Waals surface area contributed by atoms with Gasteiger partial charge in [0.05, 0.1) is 7.11 Å². The van der Waals surface area contributed by atoms with Gasteiger partial charge in [-0.05, 0) is 36.2 Å². The lowest BCUT2D eigenvalue weighted by molar-refractivity contribution is 0.102. The number of amides is 1. The van der Waals surface area contributed by atoms with Crippen molar-refractivity contribution >= 4 is 17.5 Å². The van der Waals surface area contributed by atoms with E-state index in [9.17, 15) is 9.59 Å². The monoisotopic (exact) mass is 389 g/mol. The van der Waals surface area contributed by atoms with Crippen LogP contribution in [-0.4, -0.2) is 32.6 Å². The molecule has 146 valence electrons. The third kappa shape index (κ3) is 4.16. The fraction of sp³-hybridized carbons (Fsp3) is 0.143. The maximum absolute atomic E-state index is 12.6. The number of ether oxygens (including phenoxy) is 1.